The topological polar surface area (TPSA) is 12.0 Å². The molecular formula is C14H12FNS. The fourth-order valence-corrected chi connectivity index (χ4v) is 3.24. The molecule has 3 rings (SSSR count). The lowest BCUT2D eigenvalue weighted by Crippen LogP contribution is -2.16. The number of anilines is 1. The molecule has 2 aromatic rings. The largest absolute Gasteiger partial charge is 0.383 e. The minimum atomic E-state index is -0.119. The predicted octanol–water partition coefficient (Wildman–Crippen LogP) is 4.08. The maximum absolute atomic E-state index is 13.7. The number of thioether (sulfide) groups is 1. The van der Waals surface area contributed by atoms with Gasteiger partial charge >= 0.3 is 0 Å². The summed E-state index contributed by atoms with van der Waals surface area (Å²) < 4.78 is 13.7. The number of hydrogen-bond acceptors (Lipinski definition) is 2. The molecule has 1 unspecified atom stereocenters. The molecule has 1 aliphatic rings. The molecule has 0 radical (unpaired) electrons. The van der Waals surface area contributed by atoms with E-state index < -0.39 is 0 Å². The molecule has 0 aromatic heterocycles. The third kappa shape index (κ3) is 2.03. The molecule has 2 aromatic carbocycles. The first kappa shape index (κ1) is 10.7. The van der Waals surface area contributed by atoms with Gasteiger partial charge in [0.2, 0.25) is 0 Å². The summed E-state index contributed by atoms with van der Waals surface area (Å²) >= 11 is 1.72. The van der Waals surface area contributed by atoms with Gasteiger partial charge in [0.15, 0.2) is 0 Å². The van der Waals surface area contributed by atoms with Gasteiger partial charge in [0.25, 0.3) is 0 Å². The SMILES string of the molecule is Fc1ccccc1C1CNc2ccccc2S1. The van der Waals surface area contributed by atoms with Gasteiger partial charge in [-0.25, -0.2) is 4.39 Å². The normalized spacial score (nSPS) is 18.3. The molecule has 0 saturated carbocycles. The van der Waals surface area contributed by atoms with E-state index in [1.54, 1.807) is 17.8 Å². The summed E-state index contributed by atoms with van der Waals surface area (Å²) in [6, 6.07) is 15.2. The van der Waals surface area contributed by atoms with Crippen LogP contribution in [0.4, 0.5) is 10.1 Å². The van der Waals surface area contributed by atoms with Crippen molar-refractivity contribution in [2.45, 2.75) is 10.1 Å². The summed E-state index contributed by atoms with van der Waals surface area (Å²) in [6.07, 6.45) is 0. The average Bonchev–Trinajstić information content (AvgIpc) is 2.39. The molecule has 0 amide bonds. The number of benzene rings is 2. The Labute approximate surface area is 104 Å². The van der Waals surface area contributed by atoms with Crippen molar-refractivity contribution in [3.05, 3.63) is 59.9 Å². The van der Waals surface area contributed by atoms with Crippen LogP contribution in [0.1, 0.15) is 10.8 Å². The minimum absolute atomic E-state index is 0.119. The molecule has 1 atom stereocenters. The van der Waals surface area contributed by atoms with Gasteiger partial charge in [-0.15, -0.1) is 11.8 Å². The molecule has 1 nitrogen and oxygen atoms in total. The Morgan fingerprint density at radius 1 is 1.06 bits per heavy atom. The summed E-state index contributed by atoms with van der Waals surface area (Å²) in [4.78, 5) is 1.19. The lowest BCUT2D eigenvalue weighted by Gasteiger charge is -2.26. The fourth-order valence-electron chi connectivity index (χ4n) is 2.02. The lowest BCUT2D eigenvalue weighted by atomic mass is 10.1. The van der Waals surface area contributed by atoms with Crippen molar-refractivity contribution < 1.29 is 4.39 Å². The minimum Gasteiger partial charge on any atom is -0.383 e. The second-order valence-electron chi connectivity index (χ2n) is 4.01. The van der Waals surface area contributed by atoms with Gasteiger partial charge in [-0.1, -0.05) is 30.3 Å². The fraction of sp³-hybridized carbons (Fsp3) is 0.143. The van der Waals surface area contributed by atoms with Crippen LogP contribution in [0.25, 0.3) is 0 Å². The van der Waals surface area contributed by atoms with Gasteiger partial charge in [-0.2, -0.15) is 0 Å². The third-order valence-electron chi connectivity index (χ3n) is 2.89. The third-order valence-corrected chi connectivity index (χ3v) is 4.20. The average molecular weight is 245 g/mol. The van der Waals surface area contributed by atoms with Crippen molar-refractivity contribution in [3.63, 3.8) is 0 Å². The van der Waals surface area contributed by atoms with Gasteiger partial charge in [-0.05, 0) is 18.2 Å². The second-order valence-corrected chi connectivity index (χ2v) is 5.25. The van der Waals surface area contributed by atoms with Gasteiger partial charge in [0.1, 0.15) is 5.82 Å². The van der Waals surface area contributed by atoms with Crippen LogP contribution in [0.15, 0.2) is 53.4 Å². The Morgan fingerprint density at radius 3 is 2.71 bits per heavy atom. The molecule has 0 saturated heterocycles. The van der Waals surface area contributed by atoms with Crippen LogP contribution in [0, 0.1) is 5.82 Å². The summed E-state index contributed by atoms with van der Waals surface area (Å²) in [7, 11) is 0. The molecule has 0 aliphatic carbocycles. The number of nitrogens with one attached hydrogen (secondary N) is 1. The predicted molar refractivity (Wildman–Crippen MR) is 69.9 cm³/mol. The van der Waals surface area contributed by atoms with Crippen LogP contribution < -0.4 is 5.32 Å². The molecule has 1 N–H and O–H groups in total. The highest BCUT2D eigenvalue weighted by molar-refractivity contribution is 7.99. The van der Waals surface area contributed by atoms with E-state index in [-0.39, 0.29) is 11.1 Å². The Bertz CT molecular complexity index is 541. The van der Waals surface area contributed by atoms with Crippen LogP contribution in [0.3, 0.4) is 0 Å². The van der Waals surface area contributed by atoms with Gasteiger partial charge < -0.3 is 5.32 Å². The molecule has 0 spiro atoms. The zero-order chi connectivity index (χ0) is 11.7. The molecule has 3 heteroatoms. The number of para-hydroxylation sites is 1. The highest BCUT2D eigenvalue weighted by Gasteiger charge is 2.22. The highest BCUT2D eigenvalue weighted by atomic mass is 32.2. The van der Waals surface area contributed by atoms with E-state index in [0.717, 1.165) is 17.8 Å². The first-order valence-corrected chi connectivity index (χ1v) is 6.46. The van der Waals surface area contributed by atoms with E-state index in [1.807, 2.05) is 24.3 Å². The van der Waals surface area contributed by atoms with E-state index in [1.165, 1.54) is 11.0 Å². The Morgan fingerprint density at radius 2 is 1.82 bits per heavy atom. The zero-order valence-electron chi connectivity index (χ0n) is 9.19. The van der Waals surface area contributed by atoms with Crippen LogP contribution in [0.5, 0.6) is 0 Å². The Hall–Kier alpha value is -1.48. The molecule has 1 aliphatic heterocycles. The number of fused-ring (bicyclic) bond motifs is 1. The van der Waals surface area contributed by atoms with Crippen molar-refractivity contribution >= 4 is 17.4 Å². The standard InChI is InChI=1S/C14H12FNS/c15-11-6-2-1-5-10(11)14-9-16-12-7-3-4-8-13(12)17-14/h1-8,14,16H,9H2. The molecule has 17 heavy (non-hydrogen) atoms. The number of halogens is 1. The smallest absolute Gasteiger partial charge is 0.127 e. The van der Waals surface area contributed by atoms with E-state index in [9.17, 15) is 4.39 Å². The molecule has 0 bridgehead atoms. The van der Waals surface area contributed by atoms with Crippen molar-refractivity contribution in [2.24, 2.45) is 0 Å². The first-order chi connectivity index (χ1) is 8.34. The summed E-state index contributed by atoms with van der Waals surface area (Å²) in [6.45, 7) is 0.766. The van der Waals surface area contributed by atoms with Crippen LogP contribution >= 0.6 is 11.8 Å². The monoisotopic (exact) mass is 245 g/mol. The van der Waals surface area contributed by atoms with Crippen LogP contribution in [-0.4, -0.2) is 6.54 Å². The highest BCUT2D eigenvalue weighted by Crippen LogP contribution is 2.43. The summed E-state index contributed by atoms with van der Waals surface area (Å²) in [5, 5.41) is 3.50. The summed E-state index contributed by atoms with van der Waals surface area (Å²) in [5.41, 5.74) is 1.92. The van der Waals surface area contributed by atoms with Gasteiger partial charge in [0, 0.05) is 22.7 Å². The van der Waals surface area contributed by atoms with Crippen molar-refractivity contribution in [2.75, 3.05) is 11.9 Å². The maximum Gasteiger partial charge on any atom is 0.127 e. The molecule has 1 heterocycles. The number of rotatable bonds is 1. The van der Waals surface area contributed by atoms with E-state index >= 15 is 0 Å². The van der Waals surface area contributed by atoms with E-state index in [0.29, 0.717) is 0 Å². The van der Waals surface area contributed by atoms with Crippen LogP contribution in [0.2, 0.25) is 0 Å². The quantitative estimate of drug-likeness (QED) is 0.812. The van der Waals surface area contributed by atoms with Gasteiger partial charge in [0.05, 0.1) is 5.25 Å². The van der Waals surface area contributed by atoms with Gasteiger partial charge in [-0.3, -0.25) is 0 Å². The maximum atomic E-state index is 13.7. The molecular weight excluding hydrogens is 233 g/mol. The van der Waals surface area contributed by atoms with E-state index in [2.05, 4.69) is 17.4 Å². The molecule has 0 fully saturated rings. The Kier molecular flexibility index (Phi) is 2.77. The second kappa shape index (κ2) is 4.41. The van der Waals surface area contributed by atoms with E-state index in [4.69, 9.17) is 0 Å². The lowest BCUT2D eigenvalue weighted by molar-refractivity contribution is 0.609. The zero-order valence-corrected chi connectivity index (χ0v) is 10.0. The van der Waals surface area contributed by atoms with Crippen molar-refractivity contribution in [1.29, 1.82) is 0 Å². The first-order valence-electron chi connectivity index (χ1n) is 5.58. The summed E-state index contributed by atoms with van der Waals surface area (Å²) in [5.74, 6) is -0.119. The number of hydrogen-bond donors (Lipinski definition) is 1. The molecule has 86 valence electrons. The van der Waals surface area contributed by atoms with Crippen molar-refractivity contribution in [3.8, 4) is 0 Å². The van der Waals surface area contributed by atoms with Crippen LogP contribution in [-0.2, 0) is 0 Å². The Balaban J connectivity index is 1.92. The van der Waals surface area contributed by atoms with Crippen molar-refractivity contribution in [1.82, 2.24) is 0 Å².